The minimum absolute atomic E-state index is 0.122. The molecule has 1 aliphatic carbocycles. The van der Waals surface area contributed by atoms with E-state index in [1.54, 1.807) is 6.07 Å². The Balaban J connectivity index is 2.05. The summed E-state index contributed by atoms with van der Waals surface area (Å²) in [7, 11) is 0. The third-order valence-corrected chi connectivity index (χ3v) is 3.76. The van der Waals surface area contributed by atoms with Gasteiger partial charge in [0, 0.05) is 17.3 Å². The van der Waals surface area contributed by atoms with Crippen LogP contribution in [0.2, 0.25) is 0 Å². The Kier molecular flexibility index (Phi) is 3.47. The molecule has 16 heavy (non-hydrogen) atoms. The molecule has 1 fully saturated rings. The van der Waals surface area contributed by atoms with Crippen LogP contribution in [0.5, 0.6) is 0 Å². The summed E-state index contributed by atoms with van der Waals surface area (Å²) in [6.07, 6.45) is 5.31. The Morgan fingerprint density at radius 3 is 2.69 bits per heavy atom. The van der Waals surface area contributed by atoms with Gasteiger partial charge in [0.2, 0.25) is 0 Å². The van der Waals surface area contributed by atoms with Crippen molar-refractivity contribution in [2.75, 3.05) is 5.32 Å². The van der Waals surface area contributed by atoms with Crippen LogP contribution < -0.4 is 5.32 Å². The average Bonchev–Trinajstić information content (AvgIpc) is 2.78. The largest absolute Gasteiger partial charge is 0.382 e. The molecule has 0 radical (unpaired) electrons. The predicted molar refractivity (Wildman–Crippen MR) is 66.2 cm³/mol. The molecule has 0 heterocycles. The van der Waals surface area contributed by atoms with Gasteiger partial charge in [-0.2, -0.15) is 0 Å². The van der Waals surface area contributed by atoms with Gasteiger partial charge in [-0.25, -0.2) is 4.39 Å². The molecule has 88 valence electrons. The number of rotatable bonds is 3. The lowest BCUT2D eigenvalue weighted by Crippen LogP contribution is -2.24. The Hall–Kier alpha value is -1.05. The average molecular weight is 221 g/mol. The zero-order valence-corrected chi connectivity index (χ0v) is 10.1. The highest BCUT2D eigenvalue weighted by molar-refractivity contribution is 5.51. The van der Waals surface area contributed by atoms with E-state index >= 15 is 0 Å². The van der Waals surface area contributed by atoms with Gasteiger partial charge in [-0.15, -0.1) is 0 Å². The Bertz CT molecular complexity index is 356. The number of nitrogens with one attached hydrogen (secondary N) is 1. The summed E-state index contributed by atoms with van der Waals surface area (Å²) >= 11 is 0. The third-order valence-electron chi connectivity index (χ3n) is 3.76. The molecule has 2 heteroatoms. The lowest BCUT2D eigenvalue weighted by Gasteiger charge is -2.22. The number of halogens is 1. The molecule has 1 aromatic carbocycles. The van der Waals surface area contributed by atoms with Crippen molar-refractivity contribution in [1.82, 2.24) is 0 Å². The van der Waals surface area contributed by atoms with Crippen molar-refractivity contribution in [2.45, 2.75) is 45.6 Å². The molecule has 0 amide bonds. The number of benzene rings is 1. The van der Waals surface area contributed by atoms with Crippen molar-refractivity contribution in [1.29, 1.82) is 0 Å². The third kappa shape index (κ3) is 2.37. The molecule has 1 saturated carbocycles. The maximum absolute atomic E-state index is 13.4. The normalized spacial score (nSPS) is 18.7. The van der Waals surface area contributed by atoms with Crippen LogP contribution in [0.4, 0.5) is 10.1 Å². The molecule has 1 atom stereocenters. The Morgan fingerprint density at radius 2 is 2.00 bits per heavy atom. The summed E-state index contributed by atoms with van der Waals surface area (Å²) in [6.45, 7) is 4.04. The van der Waals surface area contributed by atoms with Crippen molar-refractivity contribution in [3.63, 3.8) is 0 Å². The van der Waals surface area contributed by atoms with E-state index in [2.05, 4.69) is 12.2 Å². The fourth-order valence-electron chi connectivity index (χ4n) is 2.58. The van der Waals surface area contributed by atoms with Crippen LogP contribution in [0.25, 0.3) is 0 Å². The van der Waals surface area contributed by atoms with Crippen LogP contribution in [0.1, 0.15) is 38.2 Å². The molecular weight excluding hydrogens is 201 g/mol. The van der Waals surface area contributed by atoms with Gasteiger partial charge >= 0.3 is 0 Å². The van der Waals surface area contributed by atoms with Crippen LogP contribution in [0.15, 0.2) is 18.2 Å². The number of hydrogen-bond donors (Lipinski definition) is 1. The second-order valence-corrected chi connectivity index (χ2v) is 4.89. The van der Waals surface area contributed by atoms with E-state index in [9.17, 15) is 4.39 Å². The van der Waals surface area contributed by atoms with Crippen LogP contribution >= 0.6 is 0 Å². The van der Waals surface area contributed by atoms with Gasteiger partial charge in [0.05, 0.1) is 0 Å². The summed E-state index contributed by atoms with van der Waals surface area (Å²) in [5, 5.41) is 3.45. The summed E-state index contributed by atoms with van der Waals surface area (Å²) in [4.78, 5) is 0. The molecule has 0 bridgehead atoms. The van der Waals surface area contributed by atoms with Crippen molar-refractivity contribution in [2.24, 2.45) is 5.92 Å². The van der Waals surface area contributed by atoms with Crippen LogP contribution in [-0.4, -0.2) is 6.04 Å². The highest BCUT2D eigenvalue weighted by atomic mass is 19.1. The molecule has 1 N–H and O–H groups in total. The molecule has 1 aliphatic rings. The van der Waals surface area contributed by atoms with E-state index in [1.807, 2.05) is 13.0 Å². The van der Waals surface area contributed by atoms with E-state index in [1.165, 1.54) is 31.7 Å². The second-order valence-electron chi connectivity index (χ2n) is 4.89. The zero-order valence-electron chi connectivity index (χ0n) is 10.1. The van der Waals surface area contributed by atoms with Gasteiger partial charge in [0.1, 0.15) is 5.82 Å². The number of anilines is 1. The Morgan fingerprint density at radius 1 is 1.31 bits per heavy atom. The predicted octanol–water partition coefficient (Wildman–Crippen LogP) is 4.12. The highest BCUT2D eigenvalue weighted by Crippen LogP contribution is 2.30. The molecule has 0 spiro atoms. The van der Waals surface area contributed by atoms with Gasteiger partial charge in [0.15, 0.2) is 0 Å². The molecule has 1 nitrogen and oxygen atoms in total. The van der Waals surface area contributed by atoms with Crippen LogP contribution in [0, 0.1) is 18.7 Å². The Labute approximate surface area is 97.1 Å². The standard InChI is InChI=1S/C14H20FN/c1-10-13(15)8-5-9-14(10)16-11(2)12-6-3-4-7-12/h5,8-9,11-12,16H,3-4,6-7H2,1-2H3. The van der Waals surface area contributed by atoms with Crippen molar-refractivity contribution >= 4 is 5.69 Å². The second kappa shape index (κ2) is 4.86. The van der Waals surface area contributed by atoms with Gasteiger partial charge in [-0.05, 0) is 44.7 Å². The first-order valence-corrected chi connectivity index (χ1v) is 6.20. The maximum atomic E-state index is 13.4. The van der Waals surface area contributed by atoms with Crippen molar-refractivity contribution in [3.05, 3.63) is 29.6 Å². The smallest absolute Gasteiger partial charge is 0.128 e. The quantitative estimate of drug-likeness (QED) is 0.809. The van der Waals surface area contributed by atoms with Crippen molar-refractivity contribution < 1.29 is 4.39 Å². The molecule has 0 saturated heterocycles. The lowest BCUT2D eigenvalue weighted by atomic mass is 9.99. The minimum atomic E-state index is -0.122. The molecule has 0 aliphatic heterocycles. The van der Waals surface area contributed by atoms with Crippen molar-refractivity contribution in [3.8, 4) is 0 Å². The fraction of sp³-hybridized carbons (Fsp3) is 0.571. The molecule has 0 aromatic heterocycles. The van der Waals surface area contributed by atoms with E-state index in [0.29, 0.717) is 6.04 Å². The van der Waals surface area contributed by atoms with Gasteiger partial charge in [-0.3, -0.25) is 0 Å². The van der Waals surface area contributed by atoms with Gasteiger partial charge in [0.25, 0.3) is 0 Å². The minimum Gasteiger partial charge on any atom is -0.382 e. The van der Waals surface area contributed by atoms with E-state index in [-0.39, 0.29) is 5.82 Å². The SMILES string of the molecule is Cc1c(F)cccc1NC(C)C1CCCC1. The monoisotopic (exact) mass is 221 g/mol. The van der Waals surface area contributed by atoms with Gasteiger partial charge in [-0.1, -0.05) is 18.9 Å². The number of hydrogen-bond acceptors (Lipinski definition) is 1. The lowest BCUT2D eigenvalue weighted by molar-refractivity contribution is 0.481. The maximum Gasteiger partial charge on any atom is 0.128 e. The zero-order chi connectivity index (χ0) is 11.5. The molecular formula is C14H20FN. The van der Waals surface area contributed by atoms with Crippen LogP contribution in [0.3, 0.4) is 0 Å². The molecule has 2 rings (SSSR count). The first-order chi connectivity index (χ1) is 7.68. The van der Waals surface area contributed by atoms with E-state index in [4.69, 9.17) is 0 Å². The molecule has 1 aromatic rings. The topological polar surface area (TPSA) is 12.0 Å². The summed E-state index contributed by atoms with van der Waals surface area (Å²) < 4.78 is 13.4. The first-order valence-electron chi connectivity index (χ1n) is 6.20. The highest BCUT2D eigenvalue weighted by Gasteiger charge is 2.21. The van der Waals surface area contributed by atoms with E-state index < -0.39 is 0 Å². The van der Waals surface area contributed by atoms with Crippen LogP contribution in [-0.2, 0) is 0 Å². The summed E-state index contributed by atoms with van der Waals surface area (Å²) in [5.41, 5.74) is 1.67. The molecule has 1 unspecified atom stereocenters. The first kappa shape index (κ1) is 11.4. The van der Waals surface area contributed by atoms with E-state index in [0.717, 1.165) is 17.2 Å². The summed E-state index contributed by atoms with van der Waals surface area (Å²) in [6, 6.07) is 5.69. The van der Waals surface area contributed by atoms with Gasteiger partial charge < -0.3 is 5.32 Å². The fourth-order valence-corrected chi connectivity index (χ4v) is 2.58. The summed E-state index contributed by atoms with van der Waals surface area (Å²) in [5.74, 6) is 0.631.